The molecule has 3 atom stereocenters. The van der Waals surface area contributed by atoms with Gasteiger partial charge in [0, 0.05) is 0 Å². The highest BCUT2D eigenvalue weighted by Gasteiger charge is 2.47. The molecule has 0 rings (SSSR count). The summed E-state index contributed by atoms with van der Waals surface area (Å²) < 4.78 is 0. The Morgan fingerprint density at radius 3 is 1.00 bits per heavy atom. The monoisotopic (exact) mass is 254 g/mol. The lowest BCUT2D eigenvalue weighted by Gasteiger charge is -2.53. The molecule has 0 bridgehead atoms. The fourth-order valence-corrected chi connectivity index (χ4v) is 3.57. The quantitative estimate of drug-likeness (QED) is 0.543. The van der Waals surface area contributed by atoms with Gasteiger partial charge in [-0.05, 0) is 40.4 Å². The maximum Gasteiger partial charge on any atom is -0.0239 e. The van der Waals surface area contributed by atoms with Crippen LogP contribution in [0.25, 0.3) is 0 Å². The maximum atomic E-state index is 2.54. The summed E-state index contributed by atoms with van der Waals surface area (Å²) in [6, 6.07) is 0. The van der Waals surface area contributed by atoms with Gasteiger partial charge in [-0.15, -0.1) is 0 Å². The first-order chi connectivity index (χ1) is 7.86. The van der Waals surface area contributed by atoms with Crippen molar-refractivity contribution in [1.82, 2.24) is 0 Å². The Bertz CT molecular complexity index is 227. The minimum absolute atomic E-state index is 0.376. The Labute approximate surface area is 117 Å². The van der Waals surface area contributed by atoms with Gasteiger partial charge in [0.25, 0.3) is 0 Å². The number of rotatable bonds is 5. The summed E-state index contributed by atoms with van der Waals surface area (Å²) in [7, 11) is 0. The van der Waals surface area contributed by atoms with Crippen molar-refractivity contribution in [2.24, 2.45) is 40.4 Å². The summed E-state index contributed by atoms with van der Waals surface area (Å²) in [6.07, 6.45) is 0. The van der Waals surface area contributed by atoms with Crippen molar-refractivity contribution in [2.75, 3.05) is 0 Å². The summed E-state index contributed by atoms with van der Waals surface area (Å²) in [5, 5.41) is 0. The van der Waals surface area contributed by atoms with Crippen LogP contribution in [0.2, 0.25) is 0 Å². The molecule has 0 heterocycles. The van der Waals surface area contributed by atoms with Gasteiger partial charge in [-0.3, -0.25) is 0 Å². The highest BCUT2D eigenvalue weighted by Crippen LogP contribution is 2.53. The largest absolute Gasteiger partial charge is 0.0625 e. The minimum atomic E-state index is 0.376. The molecule has 0 aliphatic heterocycles. The van der Waals surface area contributed by atoms with Crippen LogP contribution in [0.1, 0.15) is 76.2 Å². The Kier molecular flexibility index (Phi) is 5.97. The first-order valence-electron chi connectivity index (χ1n) is 7.86. The van der Waals surface area contributed by atoms with E-state index >= 15 is 0 Å². The Morgan fingerprint density at radius 1 is 0.556 bits per heavy atom. The van der Waals surface area contributed by atoms with E-state index in [-0.39, 0.29) is 0 Å². The maximum absolute atomic E-state index is 2.54. The Hall–Kier alpha value is 0. The zero-order chi connectivity index (χ0) is 14.9. The van der Waals surface area contributed by atoms with Crippen LogP contribution in [0.4, 0.5) is 0 Å². The summed E-state index contributed by atoms with van der Waals surface area (Å²) >= 11 is 0. The third-order valence-corrected chi connectivity index (χ3v) is 6.19. The molecule has 3 unspecified atom stereocenters. The van der Waals surface area contributed by atoms with E-state index < -0.39 is 0 Å². The van der Waals surface area contributed by atoms with Crippen molar-refractivity contribution < 1.29 is 0 Å². The first-order valence-corrected chi connectivity index (χ1v) is 7.86. The van der Waals surface area contributed by atoms with Crippen LogP contribution in [0.5, 0.6) is 0 Å². The zero-order valence-electron chi connectivity index (χ0n) is 14.9. The molecule has 0 nitrogen and oxygen atoms in total. The second-order valence-electron chi connectivity index (χ2n) is 8.52. The molecule has 0 aliphatic rings. The molecule has 0 N–H and O–H groups in total. The fourth-order valence-electron chi connectivity index (χ4n) is 3.57. The highest BCUT2D eigenvalue weighted by molar-refractivity contribution is 4.95. The van der Waals surface area contributed by atoms with Crippen LogP contribution in [0.3, 0.4) is 0 Å². The summed E-state index contributed by atoms with van der Waals surface area (Å²) in [6.45, 7) is 26.7. The van der Waals surface area contributed by atoms with E-state index in [1.54, 1.807) is 0 Å². The lowest BCUT2D eigenvalue weighted by Crippen LogP contribution is -2.47. The topological polar surface area (TPSA) is 0 Å². The molecule has 0 fully saturated rings. The van der Waals surface area contributed by atoms with Crippen LogP contribution in [-0.2, 0) is 0 Å². The molecule has 0 aliphatic carbocycles. The second-order valence-corrected chi connectivity index (χ2v) is 8.52. The summed E-state index contributed by atoms with van der Waals surface area (Å²) in [5.41, 5.74) is 0.779. The third kappa shape index (κ3) is 3.52. The van der Waals surface area contributed by atoms with Crippen LogP contribution < -0.4 is 0 Å². The van der Waals surface area contributed by atoms with Gasteiger partial charge in [-0.1, -0.05) is 76.2 Å². The van der Waals surface area contributed by atoms with E-state index in [0.29, 0.717) is 10.8 Å². The van der Waals surface area contributed by atoms with Gasteiger partial charge >= 0.3 is 0 Å². The average Bonchev–Trinajstić information content (AvgIpc) is 2.23. The molecule has 0 saturated heterocycles. The van der Waals surface area contributed by atoms with Gasteiger partial charge in [0.2, 0.25) is 0 Å². The molecule has 0 aromatic heterocycles. The number of hydrogen-bond acceptors (Lipinski definition) is 0. The standard InChI is InChI=1S/C18H38/c1-12(2)14(5)18(11,15(6)13(3)4)16(7)17(8,9)10/h12-16H,1-11H3. The molecule has 0 heteroatoms. The van der Waals surface area contributed by atoms with Gasteiger partial charge in [0.05, 0.1) is 0 Å². The first kappa shape index (κ1) is 18.0. The Balaban J connectivity index is 5.55. The molecule has 0 aromatic rings. The molecular formula is C18H38. The van der Waals surface area contributed by atoms with Crippen molar-refractivity contribution in [1.29, 1.82) is 0 Å². The predicted octanol–water partition coefficient (Wildman–Crippen LogP) is 6.26. The normalized spacial score (nSPS) is 21.8. The van der Waals surface area contributed by atoms with Crippen molar-refractivity contribution in [2.45, 2.75) is 76.2 Å². The predicted molar refractivity (Wildman–Crippen MR) is 84.7 cm³/mol. The lowest BCUT2D eigenvalue weighted by molar-refractivity contribution is -0.0466. The SMILES string of the molecule is CC(C)C(C)C(C)(C(C)C(C)C)C(C)C(C)(C)C. The average molecular weight is 255 g/mol. The van der Waals surface area contributed by atoms with Gasteiger partial charge < -0.3 is 0 Å². The van der Waals surface area contributed by atoms with Crippen LogP contribution in [0, 0.1) is 40.4 Å². The van der Waals surface area contributed by atoms with Gasteiger partial charge in [0.15, 0.2) is 0 Å². The molecule has 0 spiro atoms. The summed E-state index contributed by atoms with van der Waals surface area (Å²) in [4.78, 5) is 0. The van der Waals surface area contributed by atoms with Crippen molar-refractivity contribution in [3.63, 3.8) is 0 Å². The van der Waals surface area contributed by atoms with E-state index in [0.717, 1.165) is 29.6 Å². The molecule has 18 heavy (non-hydrogen) atoms. The van der Waals surface area contributed by atoms with Crippen LogP contribution in [-0.4, -0.2) is 0 Å². The molecule has 0 saturated carbocycles. The smallest absolute Gasteiger partial charge is 0.0239 e. The molecule has 110 valence electrons. The van der Waals surface area contributed by atoms with Crippen molar-refractivity contribution >= 4 is 0 Å². The Morgan fingerprint density at radius 2 is 0.833 bits per heavy atom. The molecule has 0 aromatic carbocycles. The highest BCUT2D eigenvalue weighted by atomic mass is 14.5. The van der Waals surface area contributed by atoms with E-state index in [1.165, 1.54) is 0 Å². The fraction of sp³-hybridized carbons (Fsp3) is 1.00. The van der Waals surface area contributed by atoms with Gasteiger partial charge in [-0.2, -0.15) is 0 Å². The lowest BCUT2D eigenvalue weighted by atomic mass is 9.52. The van der Waals surface area contributed by atoms with Gasteiger partial charge in [0.1, 0.15) is 0 Å². The van der Waals surface area contributed by atoms with E-state index in [4.69, 9.17) is 0 Å². The minimum Gasteiger partial charge on any atom is -0.0625 e. The van der Waals surface area contributed by atoms with E-state index in [9.17, 15) is 0 Å². The molecule has 0 radical (unpaired) electrons. The van der Waals surface area contributed by atoms with Crippen LogP contribution in [0.15, 0.2) is 0 Å². The van der Waals surface area contributed by atoms with Crippen LogP contribution >= 0.6 is 0 Å². The second kappa shape index (κ2) is 5.97. The summed E-state index contributed by atoms with van der Waals surface area (Å²) in [5.74, 6) is 3.73. The van der Waals surface area contributed by atoms with E-state index in [1.807, 2.05) is 0 Å². The zero-order valence-corrected chi connectivity index (χ0v) is 14.9. The van der Waals surface area contributed by atoms with E-state index in [2.05, 4.69) is 76.2 Å². The van der Waals surface area contributed by atoms with Crippen molar-refractivity contribution in [3.05, 3.63) is 0 Å². The van der Waals surface area contributed by atoms with Crippen molar-refractivity contribution in [3.8, 4) is 0 Å². The third-order valence-electron chi connectivity index (χ3n) is 6.19. The number of hydrogen-bond donors (Lipinski definition) is 0. The molecular weight excluding hydrogens is 216 g/mol. The van der Waals surface area contributed by atoms with Gasteiger partial charge in [-0.25, -0.2) is 0 Å². The molecule has 0 amide bonds.